The zero-order valence-electron chi connectivity index (χ0n) is 7.41. The predicted octanol–water partition coefficient (Wildman–Crippen LogP) is 2.37. The van der Waals surface area contributed by atoms with Gasteiger partial charge in [-0.3, -0.25) is 0 Å². The summed E-state index contributed by atoms with van der Waals surface area (Å²) in [6, 6.07) is 4.52. The highest BCUT2D eigenvalue weighted by atomic mass is 19.4. The molecule has 0 aromatic heterocycles. The Labute approximate surface area is 83.1 Å². The summed E-state index contributed by atoms with van der Waals surface area (Å²) in [5.74, 6) is 0.198. The van der Waals surface area contributed by atoms with Crippen molar-refractivity contribution < 1.29 is 22.7 Å². The molecule has 3 nitrogen and oxygen atoms in total. The molecule has 1 aliphatic rings. The minimum absolute atomic E-state index is 0.00362. The van der Waals surface area contributed by atoms with Crippen LogP contribution in [-0.2, 0) is 15.8 Å². The Bertz CT molecular complexity index is 383. The summed E-state index contributed by atoms with van der Waals surface area (Å²) in [5, 5.41) is 3.51. The molecule has 1 aliphatic heterocycles. The van der Waals surface area contributed by atoms with Crippen molar-refractivity contribution in [3.8, 4) is 0 Å². The van der Waals surface area contributed by atoms with E-state index < -0.39 is 11.7 Å². The second-order valence-electron chi connectivity index (χ2n) is 2.86. The van der Waals surface area contributed by atoms with E-state index in [2.05, 4.69) is 9.99 Å². The highest BCUT2D eigenvalue weighted by molar-refractivity contribution is 5.94. The van der Waals surface area contributed by atoms with Crippen molar-refractivity contribution in [3.05, 3.63) is 35.4 Å². The van der Waals surface area contributed by atoms with Crippen LogP contribution in [0.5, 0.6) is 0 Å². The highest BCUT2D eigenvalue weighted by Crippen LogP contribution is 2.29. The maximum atomic E-state index is 12.2. The number of hydrogen-bond donors (Lipinski definition) is 0. The maximum absolute atomic E-state index is 12.2. The SMILES string of the molecule is FC(F)(F)c1ccc(C2=NOCO2)cc1. The van der Waals surface area contributed by atoms with E-state index in [0.717, 1.165) is 12.1 Å². The minimum atomic E-state index is -4.33. The fourth-order valence-corrected chi connectivity index (χ4v) is 1.13. The van der Waals surface area contributed by atoms with E-state index >= 15 is 0 Å². The van der Waals surface area contributed by atoms with E-state index in [9.17, 15) is 13.2 Å². The third-order valence-corrected chi connectivity index (χ3v) is 1.85. The molecule has 2 rings (SSSR count). The molecule has 0 radical (unpaired) electrons. The van der Waals surface area contributed by atoms with E-state index in [-0.39, 0.29) is 12.7 Å². The van der Waals surface area contributed by atoms with Gasteiger partial charge in [-0.2, -0.15) is 13.2 Å². The summed E-state index contributed by atoms with van der Waals surface area (Å²) in [6.45, 7) is -0.00362. The number of halogens is 3. The summed E-state index contributed by atoms with van der Waals surface area (Å²) >= 11 is 0. The summed E-state index contributed by atoms with van der Waals surface area (Å²) in [6.07, 6.45) is -4.33. The molecule has 0 unspecified atom stereocenters. The van der Waals surface area contributed by atoms with Crippen LogP contribution in [0.2, 0.25) is 0 Å². The van der Waals surface area contributed by atoms with Crippen LogP contribution in [-0.4, -0.2) is 12.7 Å². The number of benzene rings is 1. The van der Waals surface area contributed by atoms with Gasteiger partial charge >= 0.3 is 6.18 Å². The molecular formula is C9H6F3NO2. The predicted molar refractivity (Wildman–Crippen MR) is 45.0 cm³/mol. The third kappa shape index (κ3) is 2.03. The summed E-state index contributed by atoms with van der Waals surface area (Å²) in [7, 11) is 0. The molecule has 0 saturated heterocycles. The Morgan fingerprint density at radius 1 is 1.13 bits per heavy atom. The van der Waals surface area contributed by atoms with Crippen LogP contribution in [0.3, 0.4) is 0 Å². The number of rotatable bonds is 1. The topological polar surface area (TPSA) is 30.8 Å². The molecule has 80 valence electrons. The Balaban J connectivity index is 2.24. The third-order valence-electron chi connectivity index (χ3n) is 1.85. The highest BCUT2D eigenvalue weighted by Gasteiger charge is 2.30. The van der Waals surface area contributed by atoms with Gasteiger partial charge in [0.25, 0.3) is 12.7 Å². The zero-order valence-corrected chi connectivity index (χ0v) is 7.41. The van der Waals surface area contributed by atoms with Gasteiger partial charge in [-0.1, -0.05) is 0 Å². The van der Waals surface area contributed by atoms with Crippen LogP contribution < -0.4 is 0 Å². The van der Waals surface area contributed by atoms with Crippen LogP contribution >= 0.6 is 0 Å². The first-order chi connectivity index (χ1) is 7.07. The van der Waals surface area contributed by atoms with Gasteiger partial charge in [-0.05, 0) is 29.4 Å². The van der Waals surface area contributed by atoms with Crippen LogP contribution in [0.1, 0.15) is 11.1 Å². The summed E-state index contributed by atoms with van der Waals surface area (Å²) in [5.41, 5.74) is -0.244. The van der Waals surface area contributed by atoms with Gasteiger partial charge in [0, 0.05) is 5.56 Å². The molecule has 0 spiro atoms. The quantitative estimate of drug-likeness (QED) is 0.723. The van der Waals surface area contributed by atoms with Gasteiger partial charge in [0.15, 0.2) is 0 Å². The largest absolute Gasteiger partial charge is 0.435 e. The smallest absolute Gasteiger partial charge is 0.416 e. The average Bonchev–Trinajstić information content (AvgIpc) is 2.69. The maximum Gasteiger partial charge on any atom is 0.416 e. The molecule has 6 heteroatoms. The van der Waals surface area contributed by atoms with Crippen molar-refractivity contribution in [2.45, 2.75) is 6.18 Å². The average molecular weight is 217 g/mol. The molecule has 1 aromatic carbocycles. The lowest BCUT2D eigenvalue weighted by Gasteiger charge is -2.06. The van der Waals surface area contributed by atoms with Crippen molar-refractivity contribution >= 4 is 5.90 Å². The molecule has 1 heterocycles. The summed E-state index contributed by atoms with van der Waals surface area (Å²) < 4.78 is 41.5. The van der Waals surface area contributed by atoms with Gasteiger partial charge in [-0.15, -0.1) is 0 Å². The van der Waals surface area contributed by atoms with Crippen LogP contribution in [0, 0.1) is 0 Å². The van der Waals surface area contributed by atoms with E-state index in [1.54, 1.807) is 0 Å². The second kappa shape index (κ2) is 3.45. The first kappa shape index (κ1) is 9.82. The minimum Gasteiger partial charge on any atom is -0.435 e. The molecule has 0 amide bonds. The standard InChI is InChI=1S/C9H6F3NO2/c10-9(11,12)7-3-1-6(2-4-7)8-13-15-5-14-8/h1-4H,5H2. The number of nitrogens with zero attached hydrogens (tertiary/aromatic N) is 1. The molecular weight excluding hydrogens is 211 g/mol. The van der Waals surface area contributed by atoms with Gasteiger partial charge in [0.2, 0.25) is 0 Å². The number of alkyl halides is 3. The van der Waals surface area contributed by atoms with E-state index in [4.69, 9.17) is 4.74 Å². The monoisotopic (exact) mass is 217 g/mol. The van der Waals surface area contributed by atoms with Crippen LogP contribution in [0.4, 0.5) is 13.2 Å². The van der Waals surface area contributed by atoms with Crippen LogP contribution in [0.15, 0.2) is 29.4 Å². The summed E-state index contributed by atoms with van der Waals surface area (Å²) in [4.78, 5) is 4.55. The normalized spacial score (nSPS) is 15.5. The van der Waals surface area contributed by atoms with Gasteiger partial charge < -0.3 is 9.57 Å². The Hall–Kier alpha value is -1.72. The molecule has 15 heavy (non-hydrogen) atoms. The molecule has 0 bridgehead atoms. The van der Waals surface area contributed by atoms with E-state index in [0.29, 0.717) is 5.56 Å². The molecule has 0 fully saturated rings. The van der Waals surface area contributed by atoms with Crippen LogP contribution in [0.25, 0.3) is 0 Å². The van der Waals surface area contributed by atoms with Crippen molar-refractivity contribution in [2.24, 2.45) is 5.16 Å². The molecule has 0 atom stereocenters. The molecule has 0 aliphatic carbocycles. The molecule has 0 N–H and O–H groups in total. The fraction of sp³-hybridized carbons (Fsp3) is 0.222. The molecule has 0 saturated carbocycles. The van der Waals surface area contributed by atoms with Crippen molar-refractivity contribution in [1.29, 1.82) is 0 Å². The van der Waals surface area contributed by atoms with Gasteiger partial charge in [-0.25, -0.2) is 0 Å². The van der Waals surface area contributed by atoms with Crippen molar-refractivity contribution in [3.63, 3.8) is 0 Å². The van der Waals surface area contributed by atoms with E-state index in [1.165, 1.54) is 12.1 Å². The zero-order chi connectivity index (χ0) is 10.9. The van der Waals surface area contributed by atoms with Gasteiger partial charge in [0.05, 0.1) is 5.56 Å². The second-order valence-corrected chi connectivity index (χ2v) is 2.86. The lowest BCUT2D eigenvalue weighted by molar-refractivity contribution is -0.137. The molecule has 1 aromatic rings. The first-order valence-corrected chi connectivity index (χ1v) is 4.08. The Morgan fingerprint density at radius 2 is 1.80 bits per heavy atom. The Kier molecular flexibility index (Phi) is 2.26. The number of hydrogen-bond acceptors (Lipinski definition) is 3. The lowest BCUT2D eigenvalue weighted by Crippen LogP contribution is -2.06. The lowest BCUT2D eigenvalue weighted by atomic mass is 10.1. The number of oxime groups is 1. The first-order valence-electron chi connectivity index (χ1n) is 4.08. The van der Waals surface area contributed by atoms with Crippen molar-refractivity contribution in [2.75, 3.05) is 6.79 Å². The van der Waals surface area contributed by atoms with E-state index in [1.807, 2.05) is 0 Å². The van der Waals surface area contributed by atoms with Gasteiger partial charge in [0.1, 0.15) is 0 Å². The fourth-order valence-electron chi connectivity index (χ4n) is 1.13. The Morgan fingerprint density at radius 3 is 2.27 bits per heavy atom. The number of ether oxygens (including phenoxy) is 1. The van der Waals surface area contributed by atoms with Crippen molar-refractivity contribution in [1.82, 2.24) is 0 Å².